The van der Waals surface area contributed by atoms with Crippen LogP contribution in [0.2, 0.25) is 0 Å². The van der Waals surface area contributed by atoms with Crippen LogP contribution in [0.4, 0.5) is 5.00 Å². The Morgan fingerprint density at radius 2 is 1.82 bits per heavy atom. The third-order valence-electron chi connectivity index (χ3n) is 4.77. The lowest BCUT2D eigenvalue weighted by molar-refractivity contribution is 0.0527. The van der Waals surface area contributed by atoms with E-state index in [-0.39, 0.29) is 11.9 Å². The normalized spacial score (nSPS) is 13.2. The van der Waals surface area contributed by atoms with Crippen LogP contribution in [0.3, 0.4) is 0 Å². The first kappa shape index (κ1) is 20.2. The molecule has 7 heteroatoms. The minimum Gasteiger partial charge on any atom is -0.493 e. The highest BCUT2D eigenvalue weighted by molar-refractivity contribution is 7.17. The molecule has 28 heavy (non-hydrogen) atoms. The van der Waals surface area contributed by atoms with Gasteiger partial charge in [0.15, 0.2) is 11.5 Å². The Hall–Kier alpha value is -2.54. The number of hydrogen-bond acceptors (Lipinski definition) is 6. The number of aryl methyl sites for hydroxylation is 1. The number of nitrogens with one attached hydrogen (secondary N) is 1. The molecule has 3 rings (SSSR count). The second kappa shape index (κ2) is 9.10. The fourth-order valence-electron chi connectivity index (χ4n) is 3.40. The van der Waals surface area contributed by atoms with Crippen LogP contribution in [0.25, 0.3) is 0 Å². The topological polar surface area (TPSA) is 73.9 Å². The zero-order valence-corrected chi connectivity index (χ0v) is 17.2. The number of rotatable bonds is 6. The van der Waals surface area contributed by atoms with Crippen molar-refractivity contribution < 1.29 is 23.8 Å². The molecule has 0 fully saturated rings. The first-order chi connectivity index (χ1) is 13.6. The van der Waals surface area contributed by atoms with Gasteiger partial charge in [0.05, 0.1) is 26.4 Å². The Kier molecular flexibility index (Phi) is 6.57. The number of fused-ring (bicyclic) bond motifs is 1. The lowest BCUT2D eigenvalue weighted by Gasteiger charge is -2.11. The zero-order chi connectivity index (χ0) is 20.1. The lowest BCUT2D eigenvalue weighted by Crippen LogP contribution is -2.15. The number of carbonyl (C=O) groups is 2. The Bertz CT molecular complexity index is 874. The molecule has 1 aliphatic rings. The van der Waals surface area contributed by atoms with Crippen molar-refractivity contribution in [3.63, 3.8) is 0 Å². The molecule has 1 aromatic heterocycles. The number of thiophene rings is 1. The van der Waals surface area contributed by atoms with Gasteiger partial charge in [-0.1, -0.05) is 6.42 Å². The van der Waals surface area contributed by atoms with Crippen LogP contribution in [-0.2, 0) is 17.6 Å². The van der Waals surface area contributed by atoms with Gasteiger partial charge in [-0.2, -0.15) is 0 Å². The van der Waals surface area contributed by atoms with Crippen molar-refractivity contribution >= 4 is 28.2 Å². The van der Waals surface area contributed by atoms with Gasteiger partial charge in [-0.15, -0.1) is 11.3 Å². The Labute approximate surface area is 168 Å². The summed E-state index contributed by atoms with van der Waals surface area (Å²) in [6, 6.07) is 4.97. The number of esters is 1. The van der Waals surface area contributed by atoms with Crippen LogP contribution in [0.1, 0.15) is 57.3 Å². The molecular weight excluding hydrogens is 378 g/mol. The maximum Gasteiger partial charge on any atom is 0.341 e. The van der Waals surface area contributed by atoms with Gasteiger partial charge in [0.1, 0.15) is 5.00 Å². The molecule has 0 spiro atoms. The second-order valence-electron chi connectivity index (χ2n) is 6.51. The summed E-state index contributed by atoms with van der Waals surface area (Å²) in [5.41, 5.74) is 1.97. The molecule has 1 heterocycles. The van der Waals surface area contributed by atoms with Crippen LogP contribution in [0, 0.1) is 0 Å². The van der Waals surface area contributed by atoms with Gasteiger partial charge in [0, 0.05) is 10.4 Å². The highest BCUT2D eigenvalue weighted by atomic mass is 32.1. The van der Waals surface area contributed by atoms with Gasteiger partial charge in [0.2, 0.25) is 0 Å². The molecule has 0 unspecified atom stereocenters. The van der Waals surface area contributed by atoms with Crippen LogP contribution in [0.15, 0.2) is 18.2 Å². The summed E-state index contributed by atoms with van der Waals surface area (Å²) in [7, 11) is 3.07. The molecular formula is C21H25NO5S. The molecule has 1 aliphatic carbocycles. The molecule has 0 bridgehead atoms. The van der Waals surface area contributed by atoms with Crippen molar-refractivity contribution in [2.45, 2.75) is 39.0 Å². The average Bonchev–Trinajstić information content (AvgIpc) is 2.88. The summed E-state index contributed by atoms with van der Waals surface area (Å²) < 4.78 is 15.8. The number of methoxy groups -OCH3 is 2. The van der Waals surface area contributed by atoms with E-state index in [1.807, 2.05) is 0 Å². The third kappa shape index (κ3) is 4.14. The van der Waals surface area contributed by atoms with E-state index in [1.165, 1.54) is 23.3 Å². The molecule has 6 nitrogen and oxygen atoms in total. The van der Waals surface area contributed by atoms with E-state index < -0.39 is 0 Å². The van der Waals surface area contributed by atoms with Crippen molar-refractivity contribution in [2.75, 3.05) is 26.1 Å². The number of ether oxygens (including phenoxy) is 3. The Morgan fingerprint density at radius 3 is 2.54 bits per heavy atom. The number of amides is 1. The summed E-state index contributed by atoms with van der Waals surface area (Å²) >= 11 is 1.48. The van der Waals surface area contributed by atoms with E-state index in [9.17, 15) is 9.59 Å². The molecule has 1 N–H and O–H groups in total. The van der Waals surface area contributed by atoms with Crippen molar-refractivity contribution in [3.05, 3.63) is 39.8 Å². The molecule has 0 radical (unpaired) electrons. The summed E-state index contributed by atoms with van der Waals surface area (Å²) in [4.78, 5) is 26.6. The highest BCUT2D eigenvalue weighted by Crippen LogP contribution is 2.38. The Balaban J connectivity index is 1.93. The van der Waals surface area contributed by atoms with Crippen molar-refractivity contribution in [2.24, 2.45) is 0 Å². The molecule has 0 atom stereocenters. The largest absolute Gasteiger partial charge is 0.493 e. The van der Waals surface area contributed by atoms with Gasteiger partial charge in [-0.25, -0.2) is 4.79 Å². The second-order valence-corrected chi connectivity index (χ2v) is 7.62. The van der Waals surface area contributed by atoms with Gasteiger partial charge >= 0.3 is 5.97 Å². The first-order valence-corrected chi connectivity index (χ1v) is 10.3. The molecule has 0 saturated heterocycles. The van der Waals surface area contributed by atoms with Crippen LogP contribution < -0.4 is 14.8 Å². The minimum atomic E-state index is -0.371. The third-order valence-corrected chi connectivity index (χ3v) is 5.98. The summed E-state index contributed by atoms with van der Waals surface area (Å²) in [5.74, 6) is 0.351. The number of hydrogen-bond donors (Lipinski definition) is 1. The van der Waals surface area contributed by atoms with E-state index in [0.29, 0.717) is 34.2 Å². The van der Waals surface area contributed by atoms with Gasteiger partial charge in [-0.05, 0) is 56.4 Å². The van der Waals surface area contributed by atoms with Crippen molar-refractivity contribution in [1.82, 2.24) is 0 Å². The minimum absolute atomic E-state index is 0.298. The van der Waals surface area contributed by atoms with Crippen molar-refractivity contribution in [3.8, 4) is 11.5 Å². The predicted molar refractivity (Wildman–Crippen MR) is 109 cm³/mol. The summed E-state index contributed by atoms with van der Waals surface area (Å²) in [6.07, 6.45) is 5.06. The summed E-state index contributed by atoms with van der Waals surface area (Å²) in [5, 5.41) is 3.48. The van der Waals surface area contributed by atoms with E-state index in [2.05, 4.69) is 5.32 Å². The van der Waals surface area contributed by atoms with Crippen LogP contribution >= 0.6 is 11.3 Å². The van der Waals surface area contributed by atoms with Crippen LogP contribution in [0.5, 0.6) is 11.5 Å². The lowest BCUT2D eigenvalue weighted by atomic mass is 10.1. The Morgan fingerprint density at radius 1 is 1.07 bits per heavy atom. The quantitative estimate of drug-likeness (QED) is 0.569. The van der Waals surface area contributed by atoms with Crippen molar-refractivity contribution in [1.29, 1.82) is 0 Å². The predicted octanol–water partition coefficient (Wildman–Crippen LogP) is 4.46. The van der Waals surface area contributed by atoms with Gasteiger partial charge in [0.25, 0.3) is 5.91 Å². The van der Waals surface area contributed by atoms with E-state index in [4.69, 9.17) is 14.2 Å². The standard InChI is InChI=1S/C21H25NO5S/c1-4-27-21(24)18-14-8-6-5-7-9-17(14)28-20(18)22-19(23)13-10-11-15(25-2)16(12-13)26-3/h10-12H,4-9H2,1-3H3,(H,22,23). The average molecular weight is 404 g/mol. The molecule has 1 amide bonds. The smallest absolute Gasteiger partial charge is 0.341 e. The molecule has 0 aliphatic heterocycles. The SMILES string of the molecule is CCOC(=O)c1c(NC(=O)c2ccc(OC)c(OC)c2)sc2c1CCCCC2. The maximum absolute atomic E-state index is 12.8. The van der Waals surface area contributed by atoms with E-state index in [1.54, 1.807) is 32.2 Å². The maximum atomic E-state index is 12.8. The number of anilines is 1. The molecule has 0 saturated carbocycles. The zero-order valence-electron chi connectivity index (χ0n) is 16.4. The molecule has 1 aromatic carbocycles. The highest BCUT2D eigenvalue weighted by Gasteiger charge is 2.27. The molecule has 2 aromatic rings. The van der Waals surface area contributed by atoms with E-state index in [0.717, 1.165) is 37.7 Å². The number of carbonyl (C=O) groups excluding carboxylic acids is 2. The van der Waals surface area contributed by atoms with Gasteiger partial charge in [-0.3, -0.25) is 4.79 Å². The van der Waals surface area contributed by atoms with Crippen LogP contribution in [-0.4, -0.2) is 32.7 Å². The first-order valence-electron chi connectivity index (χ1n) is 9.44. The fourth-order valence-corrected chi connectivity index (χ4v) is 4.68. The molecule has 150 valence electrons. The summed E-state index contributed by atoms with van der Waals surface area (Å²) in [6.45, 7) is 2.08. The van der Waals surface area contributed by atoms with Gasteiger partial charge < -0.3 is 19.5 Å². The fraction of sp³-hybridized carbons (Fsp3) is 0.429. The number of benzene rings is 1. The van der Waals surface area contributed by atoms with E-state index >= 15 is 0 Å². The monoisotopic (exact) mass is 403 g/mol.